The normalized spacial score (nSPS) is 11.4. The van der Waals surface area contributed by atoms with Gasteiger partial charge < -0.3 is 4.42 Å². The lowest BCUT2D eigenvalue weighted by atomic mass is 10.1. The second-order valence-electron chi connectivity index (χ2n) is 3.88. The predicted octanol–water partition coefficient (Wildman–Crippen LogP) is 2.63. The van der Waals surface area contributed by atoms with Crippen molar-refractivity contribution in [3.63, 3.8) is 0 Å². The number of nitrogens with one attached hydrogen (secondary N) is 1. The van der Waals surface area contributed by atoms with Crippen molar-refractivity contribution in [2.45, 2.75) is 6.92 Å². The van der Waals surface area contributed by atoms with Crippen LogP contribution in [0.25, 0.3) is 11.3 Å². The van der Waals surface area contributed by atoms with Crippen LogP contribution < -0.4 is 4.72 Å². The molecule has 1 heterocycles. The Morgan fingerprint density at radius 2 is 2.00 bits per heavy atom. The first-order valence-electron chi connectivity index (χ1n) is 5.08. The van der Waals surface area contributed by atoms with Crippen LogP contribution in [0.15, 0.2) is 41.0 Å². The SMILES string of the molecule is Cc1cc(NS(C)(=O)=O)ccc1-c1ccco1. The highest BCUT2D eigenvalue weighted by molar-refractivity contribution is 7.92. The van der Waals surface area contributed by atoms with Crippen molar-refractivity contribution in [2.24, 2.45) is 0 Å². The van der Waals surface area contributed by atoms with Gasteiger partial charge in [0.1, 0.15) is 5.76 Å². The average molecular weight is 251 g/mol. The summed E-state index contributed by atoms with van der Waals surface area (Å²) < 4.78 is 29.9. The molecule has 1 aromatic heterocycles. The Morgan fingerprint density at radius 3 is 2.53 bits per heavy atom. The fourth-order valence-electron chi connectivity index (χ4n) is 1.65. The third-order valence-corrected chi connectivity index (χ3v) is 2.92. The summed E-state index contributed by atoms with van der Waals surface area (Å²) in [5.41, 5.74) is 2.46. The minimum atomic E-state index is -3.23. The standard InChI is InChI=1S/C12H13NO3S/c1-9-8-10(13-17(2,14)15)5-6-11(9)12-4-3-7-16-12/h3-8,13H,1-2H3. The van der Waals surface area contributed by atoms with Crippen molar-refractivity contribution in [1.82, 2.24) is 0 Å². The molecule has 0 fully saturated rings. The van der Waals surface area contributed by atoms with E-state index in [0.29, 0.717) is 5.69 Å². The highest BCUT2D eigenvalue weighted by Gasteiger charge is 2.07. The Labute approximate surface area is 100 Å². The van der Waals surface area contributed by atoms with Crippen molar-refractivity contribution in [3.05, 3.63) is 42.2 Å². The molecule has 0 aliphatic rings. The third-order valence-electron chi connectivity index (χ3n) is 2.32. The number of hydrogen-bond donors (Lipinski definition) is 1. The second-order valence-corrected chi connectivity index (χ2v) is 5.63. The monoisotopic (exact) mass is 251 g/mol. The van der Waals surface area contributed by atoms with E-state index in [1.165, 1.54) is 0 Å². The van der Waals surface area contributed by atoms with E-state index >= 15 is 0 Å². The molecule has 5 heteroatoms. The molecular weight excluding hydrogens is 238 g/mol. The summed E-state index contributed by atoms with van der Waals surface area (Å²) in [5, 5.41) is 0. The maximum atomic E-state index is 11.1. The first kappa shape index (κ1) is 11.7. The highest BCUT2D eigenvalue weighted by atomic mass is 32.2. The predicted molar refractivity (Wildman–Crippen MR) is 67.3 cm³/mol. The van der Waals surface area contributed by atoms with Gasteiger partial charge in [0.25, 0.3) is 0 Å². The number of aryl methyl sites for hydroxylation is 1. The Bertz CT molecular complexity index is 615. The van der Waals surface area contributed by atoms with Gasteiger partial charge >= 0.3 is 0 Å². The summed E-state index contributed by atoms with van der Waals surface area (Å²) in [6.45, 7) is 1.91. The molecule has 0 spiro atoms. The van der Waals surface area contributed by atoms with E-state index in [-0.39, 0.29) is 0 Å². The van der Waals surface area contributed by atoms with Crippen LogP contribution in [-0.4, -0.2) is 14.7 Å². The number of benzene rings is 1. The third kappa shape index (κ3) is 2.88. The van der Waals surface area contributed by atoms with Crippen molar-refractivity contribution in [2.75, 3.05) is 11.0 Å². The van der Waals surface area contributed by atoms with E-state index in [2.05, 4.69) is 4.72 Å². The van der Waals surface area contributed by atoms with E-state index in [0.717, 1.165) is 23.1 Å². The lowest BCUT2D eigenvalue weighted by Gasteiger charge is -2.07. The van der Waals surface area contributed by atoms with Crippen molar-refractivity contribution in [1.29, 1.82) is 0 Å². The quantitative estimate of drug-likeness (QED) is 0.912. The van der Waals surface area contributed by atoms with Crippen LogP contribution in [0.2, 0.25) is 0 Å². The molecule has 0 unspecified atom stereocenters. The zero-order valence-corrected chi connectivity index (χ0v) is 10.4. The molecule has 0 atom stereocenters. The molecule has 17 heavy (non-hydrogen) atoms. The van der Waals surface area contributed by atoms with Crippen LogP contribution in [0.1, 0.15) is 5.56 Å². The van der Waals surface area contributed by atoms with Gasteiger partial charge in [-0.05, 0) is 42.8 Å². The van der Waals surface area contributed by atoms with Gasteiger partial charge in [-0.1, -0.05) is 0 Å². The maximum Gasteiger partial charge on any atom is 0.229 e. The minimum absolute atomic E-state index is 0.556. The molecule has 0 radical (unpaired) electrons. The van der Waals surface area contributed by atoms with Crippen LogP contribution in [-0.2, 0) is 10.0 Å². The van der Waals surface area contributed by atoms with Gasteiger partial charge in [-0.25, -0.2) is 8.42 Å². The molecule has 2 rings (SSSR count). The van der Waals surface area contributed by atoms with E-state index in [1.807, 2.05) is 25.1 Å². The van der Waals surface area contributed by atoms with Crippen LogP contribution in [0.5, 0.6) is 0 Å². The van der Waals surface area contributed by atoms with Crippen LogP contribution >= 0.6 is 0 Å². The van der Waals surface area contributed by atoms with Crippen LogP contribution in [0.4, 0.5) is 5.69 Å². The topological polar surface area (TPSA) is 59.3 Å². The molecule has 0 bridgehead atoms. The summed E-state index contributed by atoms with van der Waals surface area (Å²) in [7, 11) is -3.23. The number of hydrogen-bond acceptors (Lipinski definition) is 3. The van der Waals surface area contributed by atoms with Gasteiger partial charge in [-0.15, -0.1) is 0 Å². The zero-order chi connectivity index (χ0) is 12.5. The van der Waals surface area contributed by atoms with Crippen molar-refractivity contribution >= 4 is 15.7 Å². The molecule has 0 saturated heterocycles. The zero-order valence-electron chi connectivity index (χ0n) is 9.60. The fraction of sp³-hybridized carbons (Fsp3) is 0.167. The van der Waals surface area contributed by atoms with E-state index in [1.54, 1.807) is 18.4 Å². The first-order valence-corrected chi connectivity index (χ1v) is 6.97. The largest absolute Gasteiger partial charge is 0.464 e. The van der Waals surface area contributed by atoms with Gasteiger partial charge in [0.2, 0.25) is 10.0 Å². The van der Waals surface area contributed by atoms with Gasteiger partial charge in [0.15, 0.2) is 0 Å². The maximum absolute atomic E-state index is 11.1. The van der Waals surface area contributed by atoms with Gasteiger partial charge in [0.05, 0.1) is 12.5 Å². The van der Waals surface area contributed by atoms with Crippen LogP contribution in [0.3, 0.4) is 0 Å². The number of rotatable bonds is 3. The summed E-state index contributed by atoms with van der Waals surface area (Å²) in [6.07, 6.45) is 2.74. The summed E-state index contributed by atoms with van der Waals surface area (Å²) >= 11 is 0. The van der Waals surface area contributed by atoms with Gasteiger partial charge in [-0.3, -0.25) is 4.72 Å². The number of anilines is 1. The Kier molecular flexibility index (Phi) is 2.93. The molecule has 1 aromatic carbocycles. The summed E-state index contributed by atoms with van der Waals surface area (Å²) in [4.78, 5) is 0. The Balaban J connectivity index is 2.36. The van der Waals surface area contributed by atoms with Gasteiger partial charge in [0, 0.05) is 11.3 Å². The minimum Gasteiger partial charge on any atom is -0.464 e. The lowest BCUT2D eigenvalue weighted by Crippen LogP contribution is -2.09. The van der Waals surface area contributed by atoms with Crippen LogP contribution in [0, 0.1) is 6.92 Å². The lowest BCUT2D eigenvalue weighted by molar-refractivity contribution is 0.582. The molecule has 0 aliphatic carbocycles. The van der Waals surface area contributed by atoms with Crippen molar-refractivity contribution < 1.29 is 12.8 Å². The highest BCUT2D eigenvalue weighted by Crippen LogP contribution is 2.26. The molecular formula is C12H13NO3S. The fourth-order valence-corrected chi connectivity index (χ4v) is 2.20. The second kappa shape index (κ2) is 4.25. The van der Waals surface area contributed by atoms with E-state index < -0.39 is 10.0 Å². The molecule has 90 valence electrons. The van der Waals surface area contributed by atoms with Gasteiger partial charge in [-0.2, -0.15) is 0 Å². The Hall–Kier alpha value is -1.75. The molecule has 0 saturated carbocycles. The van der Waals surface area contributed by atoms with E-state index in [9.17, 15) is 8.42 Å². The van der Waals surface area contributed by atoms with Crippen molar-refractivity contribution in [3.8, 4) is 11.3 Å². The summed E-state index contributed by atoms with van der Waals surface area (Å²) in [5.74, 6) is 0.772. The number of furan rings is 1. The first-order chi connectivity index (χ1) is 7.96. The smallest absolute Gasteiger partial charge is 0.229 e. The van der Waals surface area contributed by atoms with E-state index in [4.69, 9.17) is 4.42 Å². The molecule has 0 aliphatic heterocycles. The molecule has 2 aromatic rings. The summed E-state index contributed by atoms with van der Waals surface area (Å²) in [6, 6.07) is 9.01. The average Bonchev–Trinajstić information content (AvgIpc) is 2.68. The molecule has 1 N–H and O–H groups in total. The molecule has 4 nitrogen and oxygen atoms in total. The Morgan fingerprint density at radius 1 is 1.24 bits per heavy atom. The molecule has 0 amide bonds. The number of sulfonamides is 1.